The number of hydrogen-bond acceptors (Lipinski definition) is 5. The lowest BCUT2D eigenvalue weighted by molar-refractivity contribution is -0.142. The van der Waals surface area contributed by atoms with Gasteiger partial charge in [0.1, 0.15) is 18.6 Å². The van der Waals surface area contributed by atoms with Gasteiger partial charge in [0.15, 0.2) is 0 Å². The molecule has 3 unspecified atom stereocenters. The minimum absolute atomic E-state index is 0.0201. The second kappa shape index (κ2) is 9.38. The first-order valence-corrected chi connectivity index (χ1v) is 10.9. The molecule has 2 amide bonds. The van der Waals surface area contributed by atoms with E-state index in [2.05, 4.69) is 5.32 Å². The van der Waals surface area contributed by atoms with Gasteiger partial charge in [0.2, 0.25) is 5.91 Å². The van der Waals surface area contributed by atoms with Crippen LogP contribution < -0.4 is 10.6 Å². The van der Waals surface area contributed by atoms with Crippen LogP contribution in [0.2, 0.25) is 0 Å². The summed E-state index contributed by atoms with van der Waals surface area (Å²) in [4.78, 5) is 35.4. The number of aliphatic hydroxyl groups excluding tert-OH is 1. The molecule has 0 aromatic heterocycles. The van der Waals surface area contributed by atoms with Crippen molar-refractivity contribution in [2.24, 2.45) is 11.8 Å². The molecule has 0 heterocycles. The second-order valence-corrected chi connectivity index (χ2v) is 8.38. The van der Waals surface area contributed by atoms with E-state index in [9.17, 15) is 23.2 Å². The normalized spacial score (nSPS) is 20.6. The number of carbonyl (C=O) groups is 3. The molecule has 2 aliphatic carbocycles. The fourth-order valence-electron chi connectivity index (χ4n) is 4.49. The molecule has 0 aliphatic heterocycles. The third kappa shape index (κ3) is 4.45. The summed E-state index contributed by atoms with van der Waals surface area (Å²) >= 11 is 0. The van der Waals surface area contributed by atoms with E-state index in [1.807, 2.05) is 53.8 Å². The summed E-state index contributed by atoms with van der Waals surface area (Å²) in [5.74, 6) is -9.37. The number of carbonyl (C=O) groups excluding carboxylic acids is 2. The van der Waals surface area contributed by atoms with E-state index in [-0.39, 0.29) is 18.9 Å². The number of amides is 2. The fourth-order valence-corrected chi connectivity index (χ4v) is 4.49. The fraction of sp³-hybridized carbons (Fsp3) is 0.375. The number of nitrogens with one attached hydrogen (secondary N) is 2. The smallest absolute Gasteiger partial charge is 0.407 e. The molecule has 4 rings (SSSR count). The van der Waals surface area contributed by atoms with Gasteiger partial charge in [-0.05, 0) is 22.3 Å². The molecule has 0 radical (unpaired) electrons. The van der Waals surface area contributed by atoms with Crippen LogP contribution in [0, 0.1) is 11.8 Å². The first-order chi connectivity index (χ1) is 16.3. The van der Waals surface area contributed by atoms with E-state index in [4.69, 9.17) is 14.9 Å². The van der Waals surface area contributed by atoms with Gasteiger partial charge in [-0.3, -0.25) is 4.79 Å². The van der Waals surface area contributed by atoms with Gasteiger partial charge >= 0.3 is 12.1 Å². The number of benzene rings is 2. The summed E-state index contributed by atoms with van der Waals surface area (Å²) < 4.78 is 33.5. The van der Waals surface area contributed by atoms with E-state index in [1.165, 1.54) is 0 Å². The average molecular weight is 474 g/mol. The molecule has 0 saturated heterocycles. The van der Waals surface area contributed by atoms with E-state index in [1.54, 1.807) is 0 Å². The molecule has 180 valence electrons. The Morgan fingerprint density at radius 3 is 2.18 bits per heavy atom. The number of ether oxygens (including phenoxy) is 1. The molecule has 2 aliphatic rings. The monoisotopic (exact) mass is 474 g/mol. The molecule has 2 aromatic rings. The van der Waals surface area contributed by atoms with Crippen LogP contribution in [0.25, 0.3) is 11.1 Å². The number of rotatable bonds is 9. The number of aliphatic carboxylic acids is 1. The number of halogens is 2. The summed E-state index contributed by atoms with van der Waals surface area (Å²) in [6.07, 6.45) is -1.19. The summed E-state index contributed by atoms with van der Waals surface area (Å²) in [7, 11) is 0. The number of alkyl halides is 2. The number of carboxylic acids is 1. The van der Waals surface area contributed by atoms with Crippen LogP contribution in [-0.4, -0.2) is 59.9 Å². The Bertz CT molecular complexity index is 1060. The van der Waals surface area contributed by atoms with Gasteiger partial charge in [0.25, 0.3) is 5.92 Å². The highest BCUT2D eigenvalue weighted by molar-refractivity contribution is 5.88. The lowest BCUT2D eigenvalue weighted by Crippen LogP contribution is -2.43. The van der Waals surface area contributed by atoms with Crippen molar-refractivity contribution < 1.29 is 38.1 Å². The Morgan fingerprint density at radius 2 is 1.62 bits per heavy atom. The van der Waals surface area contributed by atoms with Gasteiger partial charge in [0, 0.05) is 25.5 Å². The Morgan fingerprint density at radius 1 is 1.03 bits per heavy atom. The highest BCUT2D eigenvalue weighted by Crippen LogP contribution is 2.55. The van der Waals surface area contributed by atoms with Gasteiger partial charge in [-0.15, -0.1) is 0 Å². The van der Waals surface area contributed by atoms with Crippen molar-refractivity contribution in [1.82, 2.24) is 10.6 Å². The molecular weight excluding hydrogens is 450 g/mol. The summed E-state index contributed by atoms with van der Waals surface area (Å²) in [5.41, 5.74) is 4.13. The van der Waals surface area contributed by atoms with Crippen molar-refractivity contribution >= 4 is 18.0 Å². The molecule has 2 aromatic carbocycles. The highest BCUT2D eigenvalue weighted by Gasteiger charge is 2.71. The van der Waals surface area contributed by atoms with Crippen molar-refractivity contribution in [1.29, 1.82) is 0 Å². The Hall–Kier alpha value is -3.53. The quantitative estimate of drug-likeness (QED) is 0.442. The van der Waals surface area contributed by atoms with Crippen LogP contribution in [0.4, 0.5) is 13.6 Å². The first kappa shape index (κ1) is 23.6. The van der Waals surface area contributed by atoms with Gasteiger partial charge in [-0.25, -0.2) is 18.4 Å². The Balaban J connectivity index is 1.31. The second-order valence-electron chi connectivity index (χ2n) is 8.38. The maximum Gasteiger partial charge on any atom is 0.407 e. The third-order valence-corrected chi connectivity index (χ3v) is 6.33. The Kier molecular flexibility index (Phi) is 6.52. The molecule has 0 spiro atoms. The number of aliphatic hydroxyl groups is 1. The van der Waals surface area contributed by atoms with E-state index in [0.29, 0.717) is 0 Å². The van der Waals surface area contributed by atoms with Crippen molar-refractivity contribution in [3.63, 3.8) is 0 Å². The standard InChI is InChI=1S/C24H24F2N2O6/c25-24(26)18(20(24)21(30)28-19(9-10-29)22(31)32)11-27-23(33)34-12-17-15-7-3-1-5-13(15)14-6-2-4-8-16(14)17/h1-8,17-20,29H,9-12H2,(H,27,33)(H,28,30)(H,31,32). The van der Waals surface area contributed by atoms with E-state index in [0.717, 1.165) is 22.3 Å². The van der Waals surface area contributed by atoms with Crippen molar-refractivity contribution in [2.45, 2.75) is 24.3 Å². The molecular formula is C24H24F2N2O6. The van der Waals surface area contributed by atoms with E-state index >= 15 is 0 Å². The lowest BCUT2D eigenvalue weighted by atomic mass is 9.98. The molecule has 0 bridgehead atoms. The molecule has 10 heteroatoms. The van der Waals surface area contributed by atoms with Crippen LogP contribution in [0.1, 0.15) is 23.5 Å². The molecule has 34 heavy (non-hydrogen) atoms. The number of carboxylic acid groups (broad SMARTS) is 1. The molecule has 4 N–H and O–H groups in total. The zero-order valence-corrected chi connectivity index (χ0v) is 18.0. The van der Waals surface area contributed by atoms with Crippen LogP contribution in [0.3, 0.4) is 0 Å². The lowest BCUT2D eigenvalue weighted by Gasteiger charge is -2.14. The highest BCUT2D eigenvalue weighted by atomic mass is 19.3. The largest absolute Gasteiger partial charge is 0.480 e. The number of fused-ring (bicyclic) bond motifs is 3. The summed E-state index contributed by atoms with van der Waals surface area (Å²) in [5, 5.41) is 22.2. The molecule has 3 atom stereocenters. The van der Waals surface area contributed by atoms with Crippen molar-refractivity contribution in [2.75, 3.05) is 19.8 Å². The SMILES string of the molecule is O=C(NCC1C(C(=O)NC(CCO)C(=O)O)C1(F)F)OCC1c2ccccc2-c2ccccc21. The van der Waals surface area contributed by atoms with Crippen LogP contribution in [0.5, 0.6) is 0 Å². The zero-order chi connectivity index (χ0) is 24.5. The molecule has 1 fully saturated rings. The summed E-state index contributed by atoms with van der Waals surface area (Å²) in [6.45, 7) is -1.00. The predicted molar refractivity (Wildman–Crippen MR) is 116 cm³/mol. The van der Waals surface area contributed by atoms with Gasteiger partial charge in [-0.2, -0.15) is 0 Å². The van der Waals surface area contributed by atoms with Gasteiger partial charge in [0.05, 0.1) is 5.92 Å². The predicted octanol–water partition coefficient (Wildman–Crippen LogP) is 2.36. The molecule has 1 saturated carbocycles. The van der Waals surface area contributed by atoms with Crippen LogP contribution in [0.15, 0.2) is 48.5 Å². The Labute approximate surface area is 193 Å². The van der Waals surface area contributed by atoms with Gasteiger partial charge < -0.3 is 25.6 Å². The first-order valence-electron chi connectivity index (χ1n) is 10.9. The van der Waals surface area contributed by atoms with Crippen LogP contribution >= 0.6 is 0 Å². The maximum atomic E-state index is 14.1. The minimum atomic E-state index is -3.39. The van der Waals surface area contributed by atoms with E-state index < -0.39 is 54.9 Å². The minimum Gasteiger partial charge on any atom is -0.480 e. The van der Waals surface area contributed by atoms with Gasteiger partial charge in [-0.1, -0.05) is 48.5 Å². The third-order valence-electron chi connectivity index (χ3n) is 6.33. The molecule has 8 nitrogen and oxygen atoms in total. The number of alkyl carbamates (subject to hydrolysis) is 1. The zero-order valence-electron chi connectivity index (χ0n) is 18.0. The number of hydrogen-bond donors (Lipinski definition) is 4. The average Bonchev–Trinajstić information content (AvgIpc) is 3.22. The van der Waals surface area contributed by atoms with Crippen molar-refractivity contribution in [3.8, 4) is 11.1 Å². The topological polar surface area (TPSA) is 125 Å². The maximum absolute atomic E-state index is 14.1. The van der Waals surface area contributed by atoms with Crippen molar-refractivity contribution in [3.05, 3.63) is 59.7 Å². The summed E-state index contributed by atoms with van der Waals surface area (Å²) in [6, 6.07) is 14.1. The van der Waals surface area contributed by atoms with Crippen LogP contribution in [-0.2, 0) is 14.3 Å².